The molecule has 0 saturated heterocycles. The van der Waals surface area contributed by atoms with Crippen LogP contribution >= 0.6 is 27.5 Å². The minimum atomic E-state index is -0.304. The third-order valence-corrected chi connectivity index (χ3v) is 3.85. The zero-order valence-electron chi connectivity index (χ0n) is 11.6. The molecule has 2 rings (SSSR count). The molecule has 2 aromatic heterocycles. The molecule has 0 fully saturated rings. The highest BCUT2D eigenvalue weighted by Crippen LogP contribution is 2.21. The quantitative estimate of drug-likeness (QED) is 0.858. The van der Waals surface area contributed by atoms with Gasteiger partial charge in [-0.05, 0) is 47.5 Å². The summed E-state index contributed by atoms with van der Waals surface area (Å²) in [6, 6.07) is 3.36. The highest BCUT2D eigenvalue weighted by atomic mass is 79.9. The molecule has 110 valence electrons. The summed E-state index contributed by atoms with van der Waals surface area (Å²) in [4.78, 5) is 20.4. The summed E-state index contributed by atoms with van der Waals surface area (Å²) in [5.41, 5.74) is 1.36. The first kappa shape index (κ1) is 15.7. The number of amides is 1. The number of aromatic nitrogens is 2. The van der Waals surface area contributed by atoms with Crippen molar-refractivity contribution >= 4 is 45.1 Å². The number of hydrogen-bond donors (Lipinski definition) is 2. The van der Waals surface area contributed by atoms with Crippen molar-refractivity contribution in [2.24, 2.45) is 0 Å². The number of pyridine rings is 2. The molecule has 0 aliphatic rings. The fourth-order valence-electron chi connectivity index (χ4n) is 1.66. The maximum Gasteiger partial charge on any atom is 0.258 e. The van der Waals surface area contributed by atoms with E-state index in [0.717, 1.165) is 10.0 Å². The van der Waals surface area contributed by atoms with Crippen molar-refractivity contribution in [2.45, 2.75) is 13.8 Å². The topological polar surface area (TPSA) is 66.9 Å². The van der Waals surface area contributed by atoms with Crippen LogP contribution in [0.4, 0.5) is 11.6 Å². The molecule has 0 aliphatic heterocycles. The number of nitrogens with zero attached hydrogens (tertiary/aromatic N) is 2. The Morgan fingerprint density at radius 2 is 2.10 bits per heavy atom. The van der Waals surface area contributed by atoms with Crippen LogP contribution in [-0.4, -0.2) is 22.4 Å². The first-order valence-electron chi connectivity index (χ1n) is 6.34. The predicted molar refractivity (Wildman–Crippen MR) is 88.0 cm³/mol. The number of carbonyl (C=O) groups is 1. The molecular formula is C14H14BrClN4O. The standard InChI is InChI=1S/C14H14BrClN4O/c1-3-17-13-11(16)5-9(6-19-13)14(21)20-12-4-8(2)10(15)7-18-12/h4-7H,3H2,1-2H3,(H,17,19)(H,18,20,21). The van der Waals surface area contributed by atoms with E-state index in [9.17, 15) is 4.79 Å². The van der Waals surface area contributed by atoms with E-state index in [1.807, 2.05) is 13.8 Å². The molecule has 0 aromatic carbocycles. The molecule has 0 saturated carbocycles. The molecule has 2 heterocycles. The minimum absolute atomic E-state index is 0.304. The molecule has 0 radical (unpaired) electrons. The summed E-state index contributed by atoms with van der Waals surface area (Å²) in [6.45, 7) is 4.57. The van der Waals surface area contributed by atoms with Crippen LogP contribution in [0.2, 0.25) is 5.02 Å². The van der Waals surface area contributed by atoms with Gasteiger partial charge in [0.2, 0.25) is 0 Å². The maximum atomic E-state index is 12.1. The predicted octanol–water partition coefficient (Wildman–Crippen LogP) is 3.89. The number of anilines is 2. The van der Waals surface area contributed by atoms with E-state index in [0.29, 0.717) is 28.8 Å². The van der Waals surface area contributed by atoms with Crippen molar-refractivity contribution in [3.63, 3.8) is 0 Å². The number of carbonyl (C=O) groups excluding carboxylic acids is 1. The second kappa shape index (κ2) is 6.87. The Kier molecular flexibility index (Phi) is 5.14. The average molecular weight is 370 g/mol. The van der Waals surface area contributed by atoms with Crippen LogP contribution < -0.4 is 10.6 Å². The molecule has 0 aliphatic carbocycles. The molecule has 0 unspecified atom stereocenters. The number of nitrogens with one attached hydrogen (secondary N) is 2. The van der Waals surface area contributed by atoms with Gasteiger partial charge < -0.3 is 10.6 Å². The van der Waals surface area contributed by atoms with Crippen LogP contribution in [-0.2, 0) is 0 Å². The van der Waals surface area contributed by atoms with Gasteiger partial charge in [0.1, 0.15) is 11.6 Å². The van der Waals surface area contributed by atoms with Crippen LogP contribution in [0.5, 0.6) is 0 Å². The number of rotatable bonds is 4. The lowest BCUT2D eigenvalue weighted by atomic mass is 10.2. The van der Waals surface area contributed by atoms with Gasteiger partial charge in [-0.15, -0.1) is 0 Å². The van der Waals surface area contributed by atoms with Crippen LogP contribution in [0.1, 0.15) is 22.8 Å². The number of hydrogen-bond acceptors (Lipinski definition) is 4. The molecule has 7 heteroatoms. The van der Waals surface area contributed by atoms with Crippen molar-refractivity contribution in [1.29, 1.82) is 0 Å². The van der Waals surface area contributed by atoms with Gasteiger partial charge >= 0.3 is 0 Å². The molecule has 0 bridgehead atoms. The van der Waals surface area contributed by atoms with E-state index in [1.54, 1.807) is 18.3 Å². The van der Waals surface area contributed by atoms with Gasteiger partial charge in [-0.2, -0.15) is 0 Å². The van der Waals surface area contributed by atoms with E-state index in [1.165, 1.54) is 6.20 Å². The largest absolute Gasteiger partial charge is 0.369 e. The molecule has 0 spiro atoms. The van der Waals surface area contributed by atoms with Crippen LogP contribution in [0.15, 0.2) is 29.0 Å². The third kappa shape index (κ3) is 3.92. The highest BCUT2D eigenvalue weighted by Gasteiger charge is 2.11. The fourth-order valence-corrected chi connectivity index (χ4v) is 2.11. The Morgan fingerprint density at radius 3 is 2.71 bits per heavy atom. The number of aryl methyl sites for hydroxylation is 1. The first-order valence-corrected chi connectivity index (χ1v) is 7.51. The van der Waals surface area contributed by atoms with E-state index >= 15 is 0 Å². The Morgan fingerprint density at radius 1 is 1.33 bits per heavy atom. The van der Waals surface area contributed by atoms with Gasteiger partial charge in [0.05, 0.1) is 10.6 Å². The fraction of sp³-hybridized carbons (Fsp3) is 0.214. The molecule has 0 atom stereocenters. The van der Waals surface area contributed by atoms with E-state index in [2.05, 4.69) is 36.5 Å². The Balaban J connectivity index is 2.16. The zero-order valence-corrected chi connectivity index (χ0v) is 13.9. The monoisotopic (exact) mass is 368 g/mol. The van der Waals surface area contributed by atoms with Crippen LogP contribution in [0.25, 0.3) is 0 Å². The van der Waals surface area contributed by atoms with Gasteiger partial charge in [0.15, 0.2) is 0 Å². The van der Waals surface area contributed by atoms with E-state index in [4.69, 9.17) is 11.6 Å². The maximum absolute atomic E-state index is 12.1. The van der Waals surface area contributed by atoms with Crippen LogP contribution in [0, 0.1) is 6.92 Å². The summed E-state index contributed by atoms with van der Waals surface area (Å²) in [5.74, 6) is 0.739. The SMILES string of the molecule is CCNc1ncc(C(=O)Nc2cc(C)c(Br)cn2)cc1Cl. The first-order chi connectivity index (χ1) is 10.0. The lowest BCUT2D eigenvalue weighted by molar-refractivity contribution is 0.102. The Bertz CT molecular complexity index is 678. The molecular weight excluding hydrogens is 356 g/mol. The second-order valence-electron chi connectivity index (χ2n) is 4.36. The van der Waals surface area contributed by atoms with E-state index < -0.39 is 0 Å². The second-order valence-corrected chi connectivity index (χ2v) is 5.62. The van der Waals surface area contributed by atoms with Gasteiger partial charge in [-0.25, -0.2) is 9.97 Å². The summed E-state index contributed by atoms with van der Waals surface area (Å²) < 4.78 is 0.889. The van der Waals surface area contributed by atoms with Gasteiger partial charge in [0.25, 0.3) is 5.91 Å². The van der Waals surface area contributed by atoms with Gasteiger partial charge in [-0.3, -0.25) is 4.79 Å². The molecule has 1 amide bonds. The molecule has 21 heavy (non-hydrogen) atoms. The zero-order chi connectivity index (χ0) is 15.4. The van der Waals surface area contributed by atoms with Crippen molar-refractivity contribution < 1.29 is 4.79 Å². The normalized spacial score (nSPS) is 10.3. The Labute approximate surface area is 136 Å². The summed E-state index contributed by atoms with van der Waals surface area (Å²) in [6.07, 6.45) is 3.12. The minimum Gasteiger partial charge on any atom is -0.369 e. The van der Waals surface area contributed by atoms with Crippen molar-refractivity contribution in [2.75, 3.05) is 17.2 Å². The molecule has 2 N–H and O–H groups in total. The van der Waals surface area contributed by atoms with Gasteiger partial charge in [0, 0.05) is 23.4 Å². The lowest BCUT2D eigenvalue weighted by Gasteiger charge is -2.08. The Hall–Kier alpha value is -1.66. The summed E-state index contributed by atoms with van der Waals surface area (Å²) in [5, 5.41) is 6.13. The summed E-state index contributed by atoms with van der Waals surface area (Å²) in [7, 11) is 0. The number of halogens is 2. The average Bonchev–Trinajstić information content (AvgIpc) is 2.45. The lowest BCUT2D eigenvalue weighted by Crippen LogP contribution is -2.14. The van der Waals surface area contributed by atoms with Crippen molar-refractivity contribution in [1.82, 2.24) is 9.97 Å². The van der Waals surface area contributed by atoms with Crippen molar-refractivity contribution in [3.8, 4) is 0 Å². The smallest absolute Gasteiger partial charge is 0.258 e. The van der Waals surface area contributed by atoms with Crippen LogP contribution in [0.3, 0.4) is 0 Å². The van der Waals surface area contributed by atoms with Crippen molar-refractivity contribution in [3.05, 3.63) is 45.1 Å². The molecule has 2 aromatic rings. The summed E-state index contributed by atoms with van der Waals surface area (Å²) >= 11 is 9.44. The van der Waals surface area contributed by atoms with E-state index in [-0.39, 0.29) is 5.91 Å². The molecule has 5 nitrogen and oxygen atoms in total. The highest BCUT2D eigenvalue weighted by molar-refractivity contribution is 9.10. The van der Waals surface area contributed by atoms with Gasteiger partial charge in [-0.1, -0.05) is 11.6 Å². The third-order valence-electron chi connectivity index (χ3n) is 2.74.